The molecule has 0 radical (unpaired) electrons. The van der Waals surface area contributed by atoms with Gasteiger partial charge in [-0.3, -0.25) is 9.55 Å². The predicted molar refractivity (Wildman–Crippen MR) is 138 cm³/mol. The maximum atomic E-state index is 15.0. The van der Waals surface area contributed by atoms with E-state index in [1.54, 1.807) is 11.5 Å². The fourth-order valence-corrected chi connectivity index (χ4v) is 5.42. The van der Waals surface area contributed by atoms with Crippen LogP contribution in [0.1, 0.15) is 46.6 Å². The molecule has 2 saturated heterocycles. The van der Waals surface area contributed by atoms with E-state index in [9.17, 15) is 9.50 Å². The summed E-state index contributed by atoms with van der Waals surface area (Å²) in [6.45, 7) is 6.16. The molecule has 0 amide bonds. The lowest BCUT2D eigenvalue weighted by atomic mass is 9.88. The number of ether oxygens (including phenoxy) is 2. The Morgan fingerprint density at radius 1 is 1.12 bits per heavy atom. The van der Waals surface area contributed by atoms with Crippen molar-refractivity contribution >= 4 is 39.7 Å². The molecular weight excluding hydrogens is 587 g/mol. The van der Waals surface area contributed by atoms with Gasteiger partial charge in [0, 0.05) is 5.92 Å². The van der Waals surface area contributed by atoms with Crippen LogP contribution in [-0.2, 0) is 9.47 Å². The van der Waals surface area contributed by atoms with Crippen molar-refractivity contribution in [1.82, 2.24) is 34.5 Å². The van der Waals surface area contributed by atoms with Crippen molar-refractivity contribution in [3.8, 4) is 0 Å². The van der Waals surface area contributed by atoms with Crippen LogP contribution in [0.15, 0.2) is 25.3 Å². The van der Waals surface area contributed by atoms with Crippen molar-refractivity contribution in [2.45, 2.75) is 76.2 Å². The molecule has 17 heteroatoms. The van der Waals surface area contributed by atoms with Gasteiger partial charge in [0.05, 0.1) is 19.0 Å². The molecule has 13 nitrogen and oxygen atoms in total. The normalized spacial score (nSPS) is 33.1. The van der Waals surface area contributed by atoms with E-state index >= 15 is 4.39 Å². The highest BCUT2D eigenvalue weighted by atomic mass is 35.5. The van der Waals surface area contributed by atoms with E-state index in [2.05, 4.69) is 29.9 Å². The van der Waals surface area contributed by atoms with Crippen LogP contribution in [0.25, 0.3) is 22.3 Å². The average molecular weight is 618 g/mol. The van der Waals surface area contributed by atoms with Crippen molar-refractivity contribution in [2.75, 3.05) is 12.3 Å². The smallest absolute Gasteiger partial charge is 0.309 e. The third-order valence-corrected chi connectivity index (χ3v) is 8.08. The van der Waals surface area contributed by atoms with Gasteiger partial charge in [-0.1, -0.05) is 30.4 Å². The summed E-state index contributed by atoms with van der Waals surface area (Å²) in [4.78, 5) is 22.9. The molecule has 224 valence electrons. The maximum absolute atomic E-state index is 15.0. The van der Waals surface area contributed by atoms with Crippen molar-refractivity contribution in [1.29, 1.82) is 0 Å². The summed E-state index contributed by atoms with van der Waals surface area (Å²) in [5.74, 6) is 0.0267. The number of aromatic nitrogens is 8. The molecule has 0 aromatic carbocycles. The maximum Gasteiger partial charge on any atom is 0.309 e. The second kappa shape index (κ2) is 11.5. The zero-order chi connectivity index (χ0) is 29.0. The molecule has 2 aliphatic heterocycles. The van der Waals surface area contributed by atoms with E-state index in [0.29, 0.717) is 22.3 Å². The Kier molecular flexibility index (Phi) is 8.70. The van der Waals surface area contributed by atoms with Crippen molar-refractivity contribution in [2.24, 2.45) is 5.92 Å². The molecule has 41 heavy (non-hydrogen) atoms. The Labute approximate surface area is 244 Å². The number of aromatic amines is 1. The second-order valence-electron chi connectivity index (χ2n) is 10.3. The van der Waals surface area contributed by atoms with Gasteiger partial charge in [0.2, 0.25) is 11.7 Å². The minimum Gasteiger partial charge on any atom is -1.00 e. The number of nitrogens with one attached hydrogen (secondary N) is 1. The largest absolute Gasteiger partial charge is 1.00 e. The average Bonchev–Trinajstić information content (AvgIpc) is 3.65. The highest BCUT2D eigenvalue weighted by molar-refractivity contribution is 6.33. The van der Waals surface area contributed by atoms with Crippen molar-refractivity contribution in [3.05, 3.63) is 30.5 Å². The van der Waals surface area contributed by atoms with Crippen LogP contribution in [0.3, 0.4) is 0 Å². The number of nitrogen functional groups attached to an aromatic ring is 1. The first kappa shape index (κ1) is 31.1. The topological polar surface area (TPSA) is 174 Å². The Hall–Kier alpha value is -2.82. The standard InChI is InChI=1S/C13H16ClFN4O.C11H14FN5O3.ClH/c1-4-8-7(2)13(3,15)12(20-8)19-6-18-9-10(14)16-5-17-11(9)19;1-11(12)7(19)5(2-18)20-10(11)17-4-16-6-8(13)14-3-15-9(6)17;/h5-8,12H,4H2,1-3H3;3-5,7,10,18-19H,2H2,1H3,(H2,13,14,15);1H/t7?,8-,12-,13-;5-,7?,10-,11-;/m11./s1. The lowest BCUT2D eigenvalue weighted by Gasteiger charge is -2.25. The molecule has 4 aromatic heterocycles. The molecule has 8 atom stereocenters. The quantitative estimate of drug-likeness (QED) is 0.164. The number of fused-ring (bicyclic) bond motifs is 2. The van der Waals surface area contributed by atoms with Crippen LogP contribution in [0, 0.1) is 5.92 Å². The zero-order valence-corrected chi connectivity index (χ0v) is 24.1. The minimum atomic E-state index is -2.08. The Morgan fingerprint density at radius 2 is 1.83 bits per heavy atom. The number of aliphatic hydroxyl groups excluding tert-OH is 2. The molecule has 0 aliphatic carbocycles. The van der Waals surface area contributed by atoms with Crippen LogP contribution in [0.5, 0.6) is 0 Å². The predicted octanol–water partition coefficient (Wildman–Crippen LogP) is -1.04. The number of alkyl halides is 2. The van der Waals surface area contributed by atoms with E-state index in [0.717, 1.165) is 6.42 Å². The van der Waals surface area contributed by atoms with Gasteiger partial charge in [-0.2, -0.15) is 4.98 Å². The molecule has 2 fully saturated rings. The number of aliphatic hydroxyl groups is 2. The molecule has 6 heterocycles. The number of halogens is 4. The van der Waals surface area contributed by atoms with Crippen LogP contribution < -0.4 is 22.7 Å². The molecular formula is C24H31Cl2F2N9O4. The molecule has 0 saturated carbocycles. The number of H-pyrrole nitrogens is 1. The number of rotatable bonds is 4. The SMILES string of the molecule is CC[C@H]1O[C@@H](n2cnc3c(Cl)ncnc32)[C@](C)(F)C1C.C[C@@]1(F)C(O)[C@@H](CO)O[C@H]1[n+]1c[nH]c2c(N)ncnc21.[Cl-]. The molecule has 4 aromatic rings. The van der Waals surface area contributed by atoms with Crippen LogP contribution in [0.2, 0.25) is 5.15 Å². The van der Waals surface area contributed by atoms with E-state index in [-0.39, 0.29) is 35.4 Å². The van der Waals surface area contributed by atoms with Crippen LogP contribution >= 0.6 is 11.6 Å². The fourth-order valence-electron chi connectivity index (χ4n) is 5.25. The lowest BCUT2D eigenvalue weighted by Crippen LogP contribution is -3.00. The number of nitrogens with two attached hydrogens (primary N) is 1. The first-order valence-corrected chi connectivity index (χ1v) is 13.1. The second-order valence-corrected chi connectivity index (χ2v) is 10.7. The number of hydrogen-bond acceptors (Lipinski definition) is 10. The summed E-state index contributed by atoms with van der Waals surface area (Å²) in [5.41, 5.74) is 3.89. The first-order valence-electron chi connectivity index (χ1n) is 12.7. The van der Waals surface area contributed by atoms with Gasteiger partial charge in [0.25, 0.3) is 0 Å². The van der Waals surface area contributed by atoms with E-state index in [1.807, 2.05) is 13.8 Å². The molecule has 5 N–H and O–H groups in total. The van der Waals surface area contributed by atoms with Gasteiger partial charge in [-0.15, -0.1) is 0 Å². The lowest BCUT2D eigenvalue weighted by molar-refractivity contribution is -0.749. The number of imidazole rings is 2. The Morgan fingerprint density at radius 3 is 2.46 bits per heavy atom. The Balaban J connectivity index is 0.000000184. The minimum absolute atomic E-state index is 0. The molecule has 0 bridgehead atoms. The fraction of sp³-hybridized carbons (Fsp3) is 0.583. The van der Waals surface area contributed by atoms with Gasteiger partial charge >= 0.3 is 5.65 Å². The van der Waals surface area contributed by atoms with Gasteiger partial charge in [-0.25, -0.2) is 28.3 Å². The van der Waals surface area contributed by atoms with Crippen LogP contribution in [-0.4, -0.2) is 80.9 Å². The molecule has 2 unspecified atom stereocenters. The number of anilines is 1. The zero-order valence-electron chi connectivity index (χ0n) is 22.6. The van der Waals surface area contributed by atoms with E-state index in [1.165, 1.54) is 36.8 Å². The highest BCUT2D eigenvalue weighted by Crippen LogP contribution is 2.47. The molecule has 0 spiro atoms. The summed E-state index contributed by atoms with van der Waals surface area (Å²) in [6.07, 6.45) is 1.89. The number of hydrogen-bond donors (Lipinski definition) is 4. The van der Waals surface area contributed by atoms with Crippen LogP contribution in [0.4, 0.5) is 14.6 Å². The number of nitrogens with zero attached hydrogens (tertiary/aromatic N) is 7. The molecule has 2 aliphatic rings. The Bertz CT molecular complexity index is 1410. The van der Waals surface area contributed by atoms with Gasteiger partial charge < -0.3 is 37.8 Å². The third kappa shape index (κ3) is 5.08. The van der Waals surface area contributed by atoms with E-state index in [4.69, 9.17) is 31.9 Å². The summed E-state index contributed by atoms with van der Waals surface area (Å²) in [5, 5.41) is 19.3. The summed E-state index contributed by atoms with van der Waals surface area (Å²) in [7, 11) is 0. The summed E-state index contributed by atoms with van der Waals surface area (Å²) in [6, 6.07) is 0. The van der Waals surface area contributed by atoms with Gasteiger partial charge in [0.1, 0.15) is 24.1 Å². The highest BCUT2D eigenvalue weighted by Gasteiger charge is 2.57. The van der Waals surface area contributed by atoms with Crippen molar-refractivity contribution < 1.29 is 45.4 Å². The monoisotopic (exact) mass is 617 g/mol. The van der Waals surface area contributed by atoms with Gasteiger partial charge in [-0.05, 0) is 20.3 Å². The third-order valence-electron chi connectivity index (χ3n) is 7.80. The summed E-state index contributed by atoms with van der Waals surface area (Å²) >= 11 is 5.97. The van der Waals surface area contributed by atoms with E-state index < -0.39 is 42.6 Å². The summed E-state index contributed by atoms with van der Waals surface area (Å²) < 4.78 is 44.0. The first-order chi connectivity index (χ1) is 18.9. The molecule has 6 rings (SSSR count). The van der Waals surface area contributed by atoms with Gasteiger partial charge in [0.15, 0.2) is 46.8 Å². The van der Waals surface area contributed by atoms with Crippen molar-refractivity contribution in [3.63, 3.8) is 0 Å².